The standard InChI is InChI=1S/C23H23FN4O3.C2H6/c1-13-8-15-17(28-13)5-6-19(22(15)24)31-23-16-9-20(29-2)21(10-18(16)26-12-27-23)30-11-14-4-3-7-25-14;1-2/h5-6,8-10,12,14,25,28H,3-4,7,11H2,1-2H3;1-2H3/t14-;/m0./s1. The molecule has 0 unspecified atom stereocenters. The Bertz CT molecular complexity index is 1250. The summed E-state index contributed by atoms with van der Waals surface area (Å²) < 4.78 is 32.4. The lowest BCUT2D eigenvalue weighted by molar-refractivity contribution is 0.263. The maximum absolute atomic E-state index is 15.0. The predicted octanol–water partition coefficient (Wildman–Crippen LogP) is 5.52. The van der Waals surface area contributed by atoms with Gasteiger partial charge in [0.25, 0.3) is 0 Å². The minimum atomic E-state index is -0.440. The van der Waals surface area contributed by atoms with E-state index in [4.69, 9.17) is 14.2 Å². The fourth-order valence-electron chi connectivity index (χ4n) is 3.95. The van der Waals surface area contributed by atoms with Crippen LogP contribution in [0.1, 0.15) is 32.4 Å². The lowest BCUT2D eigenvalue weighted by Gasteiger charge is -2.16. The highest BCUT2D eigenvalue weighted by Crippen LogP contribution is 2.37. The van der Waals surface area contributed by atoms with Gasteiger partial charge < -0.3 is 24.5 Å². The van der Waals surface area contributed by atoms with Gasteiger partial charge >= 0.3 is 0 Å². The molecule has 0 aliphatic carbocycles. The first-order valence-corrected chi connectivity index (χ1v) is 11.3. The van der Waals surface area contributed by atoms with Gasteiger partial charge in [0, 0.05) is 28.7 Å². The zero-order valence-corrected chi connectivity index (χ0v) is 19.4. The van der Waals surface area contributed by atoms with Crippen LogP contribution in [0.15, 0.2) is 36.7 Å². The van der Waals surface area contributed by atoms with E-state index in [2.05, 4.69) is 20.3 Å². The van der Waals surface area contributed by atoms with Crippen molar-refractivity contribution in [1.29, 1.82) is 0 Å². The molecule has 0 spiro atoms. The molecule has 2 aromatic heterocycles. The summed E-state index contributed by atoms with van der Waals surface area (Å²) in [5.74, 6) is 1.05. The number of hydrogen-bond donors (Lipinski definition) is 2. The van der Waals surface area contributed by atoms with Crippen LogP contribution in [0.3, 0.4) is 0 Å². The minimum Gasteiger partial charge on any atom is -0.493 e. The molecule has 5 rings (SSSR count). The molecular weight excluding hydrogens is 423 g/mol. The van der Waals surface area contributed by atoms with Crippen molar-refractivity contribution in [1.82, 2.24) is 20.3 Å². The quantitative estimate of drug-likeness (QED) is 0.401. The predicted molar refractivity (Wildman–Crippen MR) is 127 cm³/mol. The summed E-state index contributed by atoms with van der Waals surface area (Å²) >= 11 is 0. The smallest absolute Gasteiger partial charge is 0.230 e. The minimum absolute atomic E-state index is 0.0955. The van der Waals surface area contributed by atoms with Gasteiger partial charge in [-0.25, -0.2) is 14.4 Å². The number of methoxy groups -OCH3 is 1. The van der Waals surface area contributed by atoms with E-state index in [0.717, 1.165) is 30.6 Å². The van der Waals surface area contributed by atoms with Crippen LogP contribution in [-0.4, -0.2) is 41.3 Å². The Morgan fingerprint density at radius 2 is 1.91 bits per heavy atom. The number of hydrogen-bond acceptors (Lipinski definition) is 6. The SMILES string of the molecule is CC.COc1cc2c(Oc3ccc4[nH]c(C)cc4c3F)ncnc2cc1OC[C@@H]1CCCN1. The number of aromatic amines is 1. The number of fused-ring (bicyclic) bond motifs is 2. The van der Waals surface area contributed by atoms with Crippen molar-refractivity contribution >= 4 is 21.8 Å². The van der Waals surface area contributed by atoms with E-state index in [0.29, 0.717) is 40.4 Å². The Kier molecular flexibility index (Phi) is 6.93. The fourth-order valence-corrected chi connectivity index (χ4v) is 3.95. The number of H-pyrrole nitrogens is 1. The average molecular weight is 453 g/mol. The average Bonchev–Trinajstić information content (AvgIpc) is 3.50. The fraction of sp³-hybridized carbons (Fsp3) is 0.360. The van der Waals surface area contributed by atoms with Crippen molar-refractivity contribution in [2.24, 2.45) is 0 Å². The summed E-state index contributed by atoms with van der Waals surface area (Å²) in [6, 6.07) is 9.02. The Labute approximate surface area is 192 Å². The normalized spacial score (nSPS) is 15.4. The molecular formula is C25H29FN4O3. The molecule has 2 aromatic carbocycles. The summed E-state index contributed by atoms with van der Waals surface area (Å²) in [7, 11) is 1.58. The molecule has 33 heavy (non-hydrogen) atoms. The lowest BCUT2D eigenvalue weighted by atomic mass is 10.2. The van der Waals surface area contributed by atoms with Crippen molar-refractivity contribution in [3.05, 3.63) is 48.2 Å². The third-order valence-corrected chi connectivity index (χ3v) is 5.53. The second-order valence-electron chi connectivity index (χ2n) is 7.70. The molecule has 1 aliphatic rings. The maximum Gasteiger partial charge on any atom is 0.230 e. The van der Waals surface area contributed by atoms with Crippen LogP contribution in [0.2, 0.25) is 0 Å². The Hall–Kier alpha value is -3.39. The molecule has 8 heteroatoms. The first-order valence-electron chi connectivity index (χ1n) is 11.3. The highest BCUT2D eigenvalue weighted by Gasteiger charge is 2.18. The zero-order valence-electron chi connectivity index (χ0n) is 19.4. The highest BCUT2D eigenvalue weighted by atomic mass is 19.1. The van der Waals surface area contributed by atoms with Crippen LogP contribution in [0.4, 0.5) is 4.39 Å². The third kappa shape index (κ3) is 4.71. The third-order valence-electron chi connectivity index (χ3n) is 5.53. The van der Waals surface area contributed by atoms with E-state index >= 15 is 0 Å². The number of nitrogens with zero attached hydrogens (tertiary/aromatic N) is 2. The number of aryl methyl sites for hydroxylation is 1. The molecule has 0 amide bonds. The second kappa shape index (κ2) is 10.0. The highest BCUT2D eigenvalue weighted by molar-refractivity contribution is 5.87. The summed E-state index contributed by atoms with van der Waals surface area (Å²) in [4.78, 5) is 11.7. The van der Waals surface area contributed by atoms with Gasteiger partial charge in [-0.3, -0.25) is 0 Å². The molecule has 0 saturated carbocycles. The van der Waals surface area contributed by atoms with Gasteiger partial charge in [-0.1, -0.05) is 13.8 Å². The van der Waals surface area contributed by atoms with E-state index in [9.17, 15) is 4.39 Å². The second-order valence-corrected chi connectivity index (χ2v) is 7.70. The maximum atomic E-state index is 15.0. The molecule has 7 nitrogen and oxygen atoms in total. The van der Waals surface area contributed by atoms with E-state index in [1.165, 1.54) is 6.33 Å². The van der Waals surface area contributed by atoms with Gasteiger partial charge in [0.15, 0.2) is 23.1 Å². The van der Waals surface area contributed by atoms with Crippen LogP contribution in [0, 0.1) is 12.7 Å². The molecule has 1 saturated heterocycles. The molecule has 0 radical (unpaired) electrons. The van der Waals surface area contributed by atoms with Gasteiger partial charge in [-0.05, 0) is 50.6 Å². The molecule has 174 valence electrons. The molecule has 2 N–H and O–H groups in total. The van der Waals surface area contributed by atoms with Gasteiger partial charge in [-0.15, -0.1) is 0 Å². The number of nitrogens with one attached hydrogen (secondary N) is 2. The van der Waals surface area contributed by atoms with Crippen LogP contribution < -0.4 is 19.5 Å². The van der Waals surface area contributed by atoms with Crippen LogP contribution in [0.25, 0.3) is 21.8 Å². The van der Waals surface area contributed by atoms with E-state index in [1.807, 2.05) is 20.8 Å². The van der Waals surface area contributed by atoms with Crippen molar-refractivity contribution in [3.63, 3.8) is 0 Å². The van der Waals surface area contributed by atoms with Crippen LogP contribution in [-0.2, 0) is 0 Å². The molecule has 4 aromatic rings. The number of halogens is 1. The molecule has 1 aliphatic heterocycles. The van der Waals surface area contributed by atoms with Crippen LogP contribution in [0.5, 0.6) is 23.1 Å². The molecule has 3 heterocycles. The first-order chi connectivity index (χ1) is 16.1. The van der Waals surface area contributed by atoms with E-state index in [1.54, 1.807) is 37.4 Å². The van der Waals surface area contributed by atoms with Crippen LogP contribution >= 0.6 is 0 Å². The van der Waals surface area contributed by atoms with Crippen molar-refractivity contribution in [2.45, 2.75) is 39.7 Å². The van der Waals surface area contributed by atoms with Gasteiger partial charge in [0.1, 0.15) is 12.9 Å². The van der Waals surface area contributed by atoms with Gasteiger partial charge in [0.2, 0.25) is 5.88 Å². The summed E-state index contributed by atoms with van der Waals surface area (Å²) in [6.07, 6.45) is 3.64. The van der Waals surface area contributed by atoms with Crippen molar-refractivity contribution in [3.8, 4) is 23.1 Å². The lowest BCUT2D eigenvalue weighted by Crippen LogP contribution is -2.28. The topological polar surface area (TPSA) is 81.3 Å². The monoisotopic (exact) mass is 452 g/mol. The Balaban J connectivity index is 0.00000126. The summed E-state index contributed by atoms with van der Waals surface area (Å²) in [5.41, 5.74) is 2.22. The number of ether oxygens (including phenoxy) is 3. The zero-order chi connectivity index (χ0) is 23.4. The van der Waals surface area contributed by atoms with E-state index < -0.39 is 5.82 Å². The summed E-state index contributed by atoms with van der Waals surface area (Å²) in [5, 5.41) is 4.49. The Morgan fingerprint density at radius 1 is 1.06 bits per heavy atom. The molecule has 1 atom stereocenters. The number of rotatable bonds is 6. The first kappa shape index (κ1) is 22.8. The van der Waals surface area contributed by atoms with E-state index in [-0.39, 0.29) is 11.6 Å². The Morgan fingerprint density at radius 3 is 2.67 bits per heavy atom. The van der Waals surface area contributed by atoms with Crippen molar-refractivity contribution < 1.29 is 18.6 Å². The molecule has 1 fully saturated rings. The number of aromatic nitrogens is 3. The largest absolute Gasteiger partial charge is 0.493 e. The number of benzene rings is 2. The molecule has 0 bridgehead atoms. The summed E-state index contributed by atoms with van der Waals surface area (Å²) in [6.45, 7) is 7.45. The van der Waals surface area contributed by atoms with Crippen molar-refractivity contribution in [2.75, 3.05) is 20.3 Å². The van der Waals surface area contributed by atoms with Gasteiger partial charge in [-0.2, -0.15) is 0 Å². The van der Waals surface area contributed by atoms with Gasteiger partial charge in [0.05, 0.1) is 18.0 Å².